The summed E-state index contributed by atoms with van der Waals surface area (Å²) in [6.07, 6.45) is 0.843. The van der Waals surface area contributed by atoms with Gasteiger partial charge in [-0.1, -0.05) is 60.2 Å². The molecule has 0 fully saturated rings. The molecule has 0 spiro atoms. The van der Waals surface area contributed by atoms with Gasteiger partial charge in [0, 0.05) is 38.4 Å². The number of aromatic nitrogens is 2. The average Bonchev–Trinajstić information content (AvgIpc) is 2.76. The first-order valence-corrected chi connectivity index (χ1v) is 9.67. The lowest BCUT2D eigenvalue weighted by molar-refractivity contribution is 0.0946. The van der Waals surface area contributed by atoms with Gasteiger partial charge in [-0.15, -0.1) is 0 Å². The zero-order chi connectivity index (χ0) is 20.5. The average molecular weight is 390 g/mol. The van der Waals surface area contributed by atoms with Crippen LogP contribution in [0.5, 0.6) is 0 Å². The van der Waals surface area contributed by atoms with E-state index in [1.807, 2.05) is 61.5 Å². The van der Waals surface area contributed by atoms with E-state index < -0.39 is 0 Å². The second kappa shape index (κ2) is 10.3. The summed E-state index contributed by atoms with van der Waals surface area (Å²) in [7, 11) is 1.68. The van der Waals surface area contributed by atoms with Gasteiger partial charge in [0.25, 0.3) is 5.91 Å². The Morgan fingerprint density at radius 1 is 1.03 bits per heavy atom. The molecule has 0 radical (unpaired) electrons. The molecular formula is C23H26N4O2. The summed E-state index contributed by atoms with van der Waals surface area (Å²) in [4.78, 5) is 21.8. The van der Waals surface area contributed by atoms with Crippen molar-refractivity contribution >= 4 is 11.7 Å². The SMILES string of the molecule is COCCCNc1cc(C(=O)NCc2ccc(C)cc2)nc(-c2ccccc2)n1. The van der Waals surface area contributed by atoms with Crippen LogP contribution in [-0.2, 0) is 11.3 Å². The third kappa shape index (κ3) is 6.12. The van der Waals surface area contributed by atoms with E-state index in [9.17, 15) is 4.79 Å². The first kappa shape index (κ1) is 20.5. The van der Waals surface area contributed by atoms with Crippen LogP contribution < -0.4 is 10.6 Å². The van der Waals surface area contributed by atoms with Gasteiger partial charge in [0.15, 0.2) is 5.82 Å². The fourth-order valence-electron chi connectivity index (χ4n) is 2.78. The van der Waals surface area contributed by atoms with Crippen LogP contribution in [0.15, 0.2) is 60.7 Å². The lowest BCUT2D eigenvalue weighted by Crippen LogP contribution is -2.24. The number of anilines is 1. The highest BCUT2D eigenvalue weighted by atomic mass is 16.5. The summed E-state index contributed by atoms with van der Waals surface area (Å²) in [5.41, 5.74) is 3.42. The lowest BCUT2D eigenvalue weighted by Gasteiger charge is -2.11. The molecule has 0 aliphatic heterocycles. The van der Waals surface area contributed by atoms with Crippen LogP contribution in [-0.4, -0.2) is 36.1 Å². The van der Waals surface area contributed by atoms with Crippen LogP contribution in [0.1, 0.15) is 28.0 Å². The van der Waals surface area contributed by atoms with E-state index in [1.165, 1.54) is 5.56 Å². The Kier molecular flexibility index (Phi) is 7.30. The Morgan fingerprint density at radius 3 is 2.52 bits per heavy atom. The van der Waals surface area contributed by atoms with E-state index in [-0.39, 0.29) is 5.91 Å². The van der Waals surface area contributed by atoms with Gasteiger partial charge in [0.05, 0.1) is 0 Å². The predicted octanol–water partition coefficient (Wildman–Crippen LogP) is 3.83. The van der Waals surface area contributed by atoms with Crippen LogP contribution in [0.4, 0.5) is 5.82 Å². The van der Waals surface area contributed by atoms with Crippen molar-refractivity contribution in [2.75, 3.05) is 25.6 Å². The molecule has 0 aliphatic rings. The van der Waals surface area contributed by atoms with Gasteiger partial charge in [-0.3, -0.25) is 4.79 Å². The van der Waals surface area contributed by atoms with Crippen LogP contribution in [0.2, 0.25) is 0 Å². The first-order chi connectivity index (χ1) is 14.2. The van der Waals surface area contributed by atoms with Gasteiger partial charge in [-0.05, 0) is 18.9 Å². The van der Waals surface area contributed by atoms with Crippen LogP contribution in [0, 0.1) is 6.92 Å². The monoisotopic (exact) mass is 390 g/mol. The third-order valence-electron chi connectivity index (χ3n) is 4.40. The normalized spacial score (nSPS) is 10.6. The zero-order valence-electron chi connectivity index (χ0n) is 16.8. The summed E-state index contributed by atoms with van der Waals surface area (Å²) in [6.45, 7) is 3.84. The highest BCUT2D eigenvalue weighted by molar-refractivity contribution is 5.93. The van der Waals surface area contributed by atoms with Gasteiger partial charge >= 0.3 is 0 Å². The lowest BCUT2D eigenvalue weighted by atomic mass is 10.1. The number of nitrogens with one attached hydrogen (secondary N) is 2. The van der Waals surface area contributed by atoms with Gasteiger partial charge in [-0.25, -0.2) is 9.97 Å². The minimum Gasteiger partial charge on any atom is -0.385 e. The molecule has 0 saturated heterocycles. The molecule has 6 nitrogen and oxygen atoms in total. The van der Waals surface area contributed by atoms with E-state index in [0.29, 0.717) is 37.0 Å². The fourth-order valence-corrected chi connectivity index (χ4v) is 2.78. The van der Waals surface area contributed by atoms with E-state index in [0.717, 1.165) is 17.5 Å². The maximum absolute atomic E-state index is 12.7. The molecule has 0 bridgehead atoms. The summed E-state index contributed by atoms with van der Waals surface area (Å²) in [5, 5.41) is 6.19. The molecule has 3 rings (SSSR count). The van der Waals surface area contributed by atoms with E-state index in [1.54, 1.807) is 13.2 Å². The quantitative estimate of drug-likeness (QED) is 0.543. The molecule has 0 aliphatic carbocycles. The summed E-state index contributed by atoms with van der Waals surface area (Å²) in [6, 6.07) is 19.4. The Hall–Kier alpha value is -3.25. The van der Waals surface area contributed by atoms with Crippen molar-refractivity contribution in [2.24, 2.45) is 0 Å². The van der Waals surface area contributed by atoms with Gasteiger partial charge in [-0.2, -0.15) is 0 Å². The molecule has 2 N–H and O–H groups in total. The maximum Gasteiger partial charge on any atom is 0.270 e. The Balaban J connectivity index is 1.77. The number of carbonyl (C=O) groups is 1. The van der Waals surface area contributed by atoms with Crippen LogP contribution in [0.3, 0.4) is 0 Å². The predicted molar refractivity (Wildman–Crippen MR) is 115 cm³/mol. The van der Waals surface area contributed by atoms with Crippen molar-refractivity contribution in [2.45, 2.75) is 19.9 Å². The number of hydrogen-bond donors (Lipinski definition) is 2. The maximum atomic E-state index is 12.7. The van der Waals surface area contributed by atoms with E-state index in [2.05, 4.69) is 20.6 Å². The van der Waals surface area contributed by atoms with E-state index >= 15 is 0 Å². The number of ether oxygens (including phenoxy) is 1. The summed E-state index contributed by atoms with van der Waals surface area (Å²) >= 11 is 0. The second-order valence-corrected chi connectivity index (χ2v) is 6.77. The van der Waals surface area contributed by atoms with Crippen molar-refractivity contribution in [1.82, 2.24) is 15.3 Å². The number of rotatable bonds is 9. The second-order valence-electron chi connectivity index (χ2n) is 6.77. The minimum atomic E-state index is -0.231. The van der Waals surface area contributed by atoms with Crippen molar-refractivity contribution in [3.05, 3.63) is 77.5 Å². The largest absolute Gasteiger partial charge is 0.385 e. The number of methoxy groups -OCH3 is 1. The molecule has 0 unspecified atom stereocenters. The minimum absolute atomic E-state index is 0.231. The summed E-state index contributed by atoms with van der Waals surface area (Å²) in [5.74, 6) is 0.906. The van der Waals surface area contributed by atoms with Gasteiger partial charge in [0.2, 0.25) is 0 Å². The number of nitrogens with zero attached hydrogens (tertiary/aromatic N) is 2. The molecule has 0 saturated carbocycles. The summed E-state index contributed by atoms with van der Waals surface area (Å²) < 4.78 is 5.08. The van der Waals surface area contributed by atoms with Crippen LogP contribution >= 0.6 is 0 Å². The Morgan fingerprint density at radius 2 is 1.79 bits per heavy atom. The highest BCUT2D eigenvalue weighted by Gasteiger charge is 2.13. The Bertz CT molecular complexity index is 927. The zero-order valence-corrected chi connectivity index (χ0v) is 16.8. The van der Waals surface area contributed by atoms with Crippen molar-refractivity contribution < 1.29 is 9.53 Å². The molecule has 0 atom stereocenters. The molecule has 150 valence electrons. The molecule has 1 amide bonds. The molecule has 2 aromatic carbocycles. The number of benzene rings is 2. The van der Waals surface area contributed by atoms with Crippen LogP contribution in [0.25, 0.3) is 11.4 Å². The number of carbonyl (C=O) groups excluding carboxylic acids is 1. The third-order valence-corrected chi connectivity index (χ3v) is 4.40. The number of amides is 1. The molecule has 29 heavy (non-hydrogen) atoms. The van der Waals surface area contributed by atoms with Crippen molar-refractivity contribution in [3.63, 3.8) is 0 Å². The van der Waals surface area contributed by atoms with Gasteiger partial charge in [0.1, 0.15) is 11.5 Å². The number of aryl methyl sites for hydroxylation is 1. The smallest absolute Gasteiger partial charge is 0.270 e. The molecule has 1 heterocycles. The highest BCUT2D eigenvalue weighted by Crippen LogP contribution is 2.18. The first-order valence-electron chi connectivity index (χ1n) is 9.67. The van der Waals surface area contributed by atoms with Crippen molar-refractivity contribution in [3.8, 4) is 11.4 Å². The standard InChI is InChI=1S/C23H26N4O2/c1-17-9-11-18(12-10-17)16-25-23(28)20-15-21(24-13-6-14-29-2)27-22(26-20)19-7-4-3-5-8-19/h3-5,7-12,15H,6,13-14,16H2,1-2H3,(H,25,28)(H,24,26,27). The molecule has 1 aromatic heterocycles. The van der Waals surface area contributed by atoms with E-state index in [4.69, 9.17) is 4.74 Å². The topological polar surface area (TPSA) is 76.1 Å². The number of hydrogen-bond acceptors (Lipinski definition) is 5. The molecule has 6 heteroatoms. The fraction of sp³-hybridized carbons (Fsp3) is 0.261. The molecular weight excluding hydrogens is 364 g/mol. The van der Waals surface area contributed by atoms with Gasteiger partial charge < -0.3 is 15.4 Å². The molecule has 3 aromatic rings. The Labute approximate surface area is 171 Å². The van der Waals surface area contributed by atoms with Crippen molar-refractivity contribution in [1.29, 1.82) is 0 Å².